The molecule has 0 radical (unpaired) electrons. The molecule has 146 valence electrons. The number of rotatable bonds is 7. The number of aromatic amines is 1. The summed E-state index contributed by atoms with van der Waals surface area (Å²) < 4.78 is 16.0. The number of nitrogens with zero attached hydrogens (tertiary/aromatic N) is 1. The second-order valence-electron chi connectivity index (χ2n) is 6.21. The van der Waals surface area contributed by atoms with Gasteiger partial charge in [0.15, 0.2) is 0 Å². The summed E-state index contributed by atoms with van der Waals surface area (Å²) in [6.45, 7) is 1.85. The highest BCUT2D eigenvalue weighted by molar-refractivity contribution is 5.97. The van der Waals surface area contributed by atoms with E-state index in [1.165, 1.54) is 0 Å². The summed E-state index contributed by atoms with van der Waals surface area (Å²) in [5.41, 5.74) is 3.53. The van der Waals surface area contributed by atoms with Crippen molar-refractivity contribution < 1.29 is 19.0 Å². The van der Waals surface area contributed by atoms with Crippen LogP contribution in [-0.2, 0) is 11.2 Å². The van der Waals surface area contributed by atoms with E-state index in [0.717, 1.165) is 16.8 Å². The number of hydrogen-bond donors (Lipinski definition) is 2. The number of carbonyl (C=O) groups excluding carboxylic acids is 1. The van der Waals surface area contributed by atoms with Gasteiger partial charge in [0.1, 0.15) is 22.9 Å². The lowest BCUT2D eigenvalue weighted by molar-refractivity contribution is -0.115. The van der Waals surface area contributed by atoms with E-state index in [1.54, 1.807) is 27.4 Å². The SMILES string of the molecule is COc1cccc(CC(=O)Nc2c(-c3cc(OC)ccc3OC)n[nH]c2C)c1. The number of benzene rings is 2. The molecule has 0 saturated carbocycles. The maximum atomic E-state index is 12.6. The molecule has 0 spiro atoms. The Kier molecular flexibility index (Phi) is 5.84. The number of aromatic nitrogens is 2. The summed E-state index contributed by atoms with van der Waals surface area (Å²) >= 11 is 0. The van der Waals surface area contributed by atoms with Crippen molar-refractivity contribution in [3.05, 3.63) is 53.7 Å². The van der Waals surface area contributed by atoms with Crippen molar-refractivity contribution in [1.29, 1.82) is 0 Å². The van der Waals surface area contributed by atoms with Crippen LogP contribution < -0.4 is 19.5 Å². The molecular weight excluding hydrogens is 358 g/mol. The monoisotopic (exact) mass is 381 g/mol. The smallest absolute Gasteiger partial charge is 0.228 e. The molecule has 3 aromatic rings. The first-order valence-electron chi connectivity index (χ1n) is 8.75. The molecule has 2 N–H and O–H groups in total. The first kappa shape index (κ1) is 19.3. The molecule has 1 amide bonds. The molecular formula is C21H23N3O4. The van der Waals surface area contributed by atoms with E-state index in [1.807, 2.05) is 43.3 Å². The van der Waals surface area contributed by atoms with Crippen LogP contribution in [0.15, 0.2) is 42.5 Å². The van der Waals surface area contributed by atoms with Crippen molar-refractivity contribution in [3.63, 3.8) is 0 Å². The van der Waals surface area contributed by atoms with Crippen molar-refractivity contribution in [3.8, 4) is 28.5 Å². The number of amides is 1. The fourth-order valence-corrected chi connectivity index (χ4v) is 2.93. The second-order valence-corrected chi connectivity index (χ2v) is 6.21. The van der Waals surface area contributed by atoms with E-state index in [0.29, 0.717) is 28.6 Å². The molecule has 1 heterocycles. The standard InChI is InChI=1S/C21H23N3O4/c1-13-20(22-19(25)11-14-6-5-7-15(10-14)26-2)21(24-23-13)17-12-16(27-3)8-9-18(17)28-4/h5-10,12H,11H2,1-4H3,(H,22,25)(H,23,24). The zero-order valence-electron chi connectivity index (χ0n) is 16.3. The number of nitrogens with one attached hydrogen (secondary N) is 2. The summed E-state index contributed by atoms with van der Waals surface area (Å²) in [5.74, 6) is 1.87. The Bertz CT molecular complexity index is 982. The Labute approximate surface area is 163 Å². The highest BCUT2D eigenvalue weighted by atomic mass is 16.5. The summed E-state index contributed by atoms with van der Waals surface area (Å²) in [5, 5.41) is 10.3. The topological polar surface area (TPSA) is 85.5 Å². The Morgan fingerprint density at radius 2 is 1.79 bits per heavy atom. The lowest BCUT2D eigenvalue weighted by Gasteiger charge is -2.12. The van der Waals surface area contributed by atoms with Crippen molar-refractivity contribution in [1.82, 2.24) is 10.2 Å². The minimum absolute atomic E-state index is 0.152. The molecule has 7 nitrogen and oxygen atoms in total. The Morgan fingerprint density at radius 1 is 1.04 bits per heavy atom. The summed E-state index contributed by atoms with van der Waals surface area (Å²) in [7, 11) is 4.78. The number of anilines is 1. The Morgan fingerprint density at radius 3 is 2.50 bits per heavy atom. The first-order valence-corrected chi connectivity index (χ1v) is 8.75. The fourth-order valence-electron chi connectivity index (χ4n) is 2.93. The predicted molar refractivity (Wildman–Crippen MR) is 107 cm³/mol. The van der Waals surface area contributed by atoms with Crippen LogP contribution in [0, 0.1) is 6.92 Å². The van der Waals surface area contributed by atoms with E-state index in [9.17, 15) is 4.79 Å². The molecule has 7 heteroatoms. The second kappa shape index (κ2) is 8.47. The molecule has 0 bridgehead atoms. The van der Waals surface area contributed by atoms with Gasteiger partial charge in [-0.05, 0) is 42.8 Å². The molecule has 28 heavy (non-hydrogen) atoms. The van der Waals surface area contributed by atoms with E-state index in [4.69, 9.17) is 14.2 Å². The molecule has 0 aliphatic carbocycles. The van der Waals surface area contributed by atoms with Gasteiger partial charge in [-0.3, -0.25) is 9.89 Å². The van der Waals surface area contributed by atoms with Gasteiger partial charge in [-0.15, -0.1) is 0 Å². The van der Waals surface area contributed by atoms with Gasteiger partial charge < -0.3 is 19.5 Å². The van der Waals surface area contributed by atoms with Gasteiger partial charge in [0.05, 0.1) is 39.1 Å². The zero-order chi connectivity index (χ0) is 20.1. The number of aryl methyl sites for hydroxylation is 1. The van der Waals surface area contributed by atoms with Crippen LogP contribution in [0.25, 0.3) is 11.3 Å². The molecule has 2 aromatic carbocycles. The lowest BCUT2D eigenvalue weighted by atomic mass is 10.1. The number of H-pyrrole nitrogens is 1. The minimum atomic E-state index is -0.152. The van der Waals surface area contributed by atoms with Gasteiger partial charge in [-0.25, -0.2) is 0 Å². The molecule has 0 aliphatic rings. The largest absolute Gasteiger partial charge is 0.497 e. The third kappa shape index (κ3) is 4.09. The molecule has 1 aromatic heterocycles. The Hall–Kier alpha value is -3.48. The van der Waals surface area contributed by atoms with Crippen LogP contribution >= 0.6 is 0 Å². The average Bonchev–Trinajstić information content (AvgIpc) is 3.07. The highest BCUT2D eigenvalue weighted by Crippen LogP contribution is 2.37. The van der Waals surface area contributed by atoms with Gasteiger partial charge in [0.2, 0.25) is 5.91 Å². The average molecular weight is 381 g/mol. The molecule has 0 saturated heterocycles. The molecule has 0 fully saturated rings. The zero-order valence-corrected chi connectivity index (χ0v) is 16.3. The Balaban J connectivity index is 1.88. The number of carbonyl (C=O) groups is 1. The normalized spacial score (nSPS) is 10.4. The quantitative estimate of drug-likeness (QED) is 0.653. The first-order chi connectivity index (χ1) is 13.5. The van der Waals surface area contributed by atoms with Crippen LogP contribution in [-0.4, -0.2) is 37.4 Å². The van der Waals surface area contributed by atoms with Crippen LogP contribution in [0.5, 0.6) is 17.2 Å². The van der Waals surface area contributed by atoms with Crippen LogP contribution in [0.2, 0.25) is 0 Å². The third-order valence-corrected chi connectivity index (χ3v) is 4.37. The maximum Gasteiger partial charge on any atom is 0.228 e. The van der Waals surface area contributed by atoms with E-state index < -0.39 is 0 Å². The van der Waals surface area contributed by atoms with Gasteiger partial charge in [0.25, 0.3) is 0 Å². The number of ether oxygens (including phenoxy) is 3. The fraction of sp³-hybridized carbons (Fsp3) is 0.238. The van der Waals surface area contributed by atoms with E-state index >= 15 is 0 Å². The van der Waals surface area contributed by atoms with E-state index in [2.05, 4.69) is 15.5 Å². The van der Waals surface area contributed by atoms with Crippen LogP contribution in [0.1, 0.15) is 11.3 Å². The van der Waals surface area contributed by atoms with Crippen LogP contribution in [0.4, 0.5) is 5.69 Å². The van der Waals surface area contributed by atoms with Gasteiger partial charge >= 0.3 is 0 Å². The summed E-state index contributed by atoms with van der Waals surface area (Å²) in [6.07, 6.45) is 0.219. The molecule has 0 unspecified atom stereocenters. The van der Waals surface area contributed by atoms with Gasteiger partial charge in [0, 0.05) is 5.56 Å². The lowest BCUT2D eigenvalue weighted by Crippen LogP contribution is -2.15. The number of hydrogen-bond acceptors (Lipinski definition) is 5. The van der Waals surface area contributed by atoms with Crippen molar-refractivity contribution >= 4 is 11.6 Å². The van der Waals surface area contributed by atoms with Crippen molar-refractivity contribution in [2.45, 2.75) is 13.3 Å². The minimum Gasteiger partial charge on any atom is -0.497 e. The van der Waals surface area contributed by atoms with Crippen molar-refractivity contribution in [2.24, 2.45) is 0 Å². The van der Waals surface area contributed by atoms with Crippen LogP contribution in [0.3, 0.4) is 0 Å². The van der Waals surface area contributed by atoms with Gasteiger partial charge in [-0.1, -0.05) is 12.1 Å². The predicted octanol–water partition coefficient (Wildman–Crippen LogP) is 3.59. The third-order valence-electron chi connectivity index (χ3n) is 4.37. The van der Waals surface area contributed by atoms with Gasteiger partial charge in [-0.2, -0.15) is 5.10 Å². The summed E-state index contributed by atoms with van der Waals surface area (Å²) in [6, 6.07) is 12.9. The number of methoxy groups -OCH3 is 3. The molecule has 0 atom stereocenters. The highest BCUT2D eigenvalue weighted by Gasteiger charge is 2.19. The maximum absolute atomic E-state index is 12.6. The molecule has 0 aliphatic heterocycles. The van der Waals surface area contributed by atoms with Crippen molar-refractivity contribution in [2.75, 3.05) is 26.6 Å². The molecule has 3 rings (SSSR count). The summed E-state index contributed by atoms with van der Waals surface area (Å²) in [4.78, 5) is 12.6. The van der Waals surface area contributed by atoms with E-state index in [-0.39, 0.29) is 12.3 Å².